The molecule has 9 heteroatoms. The van der Waals surface area contributed by atoms with Gasteiger partial charge in [-0.05, 0) is 65.5 Å². The Morgan fingerprint density at radius 3 is 2.56 bits per heavy atom. The minimum atomic E-state index is -0.950. The zero-order valence-electron chi connectivity index (χ0n) is 19.4. The number of carbonyl (C=O) groups excluding carboxylic acids is 2. The number of carbonyl (C=O) groups is 2. The fraction of sp³-hybridized carbons (Fsp3) is 0.320. The van der Waals surface area contributed by atoms with Gasteiger partial charge in [0.1, 0.15) is 4.32 Å². The Labute approximate surface area is 217 Å². The molecule has 0 saturated carbocycles. The van der Waals surface area contributed by atoms with Crippen LogP contribution in [-0.2, 0) is 14.3 Å². The van der Waals surface area contributed by atoms with E-state index in [0.717, 1.165) is 17.3 Å². The highest BCUT2D eigenvalue weighted by Crippen LogP contribution is 2.41. The van der Waals surface area contributed by atoms with Gasteiger partial charge in [0.15, 0.2) is 17.5 Å². The zero-order chi connectivity index (χ0) is 24.8. The maximum absolute atomic E-state index is 13.4. The van der Waals surface area contributed by atoms with Crippen LogP contribution in [0.25, 0.3) is 6.08 Å². The molecule has 34 heavy (non-hydrogen) atoms. The minimum absolute atomic E-state index is 0.0327. The first-order valence-corrected chi connectivity index (χ1v) is 12.8. The van der Waals surface area contributed by atoms with Crippen molar-refractivity contribution in [2.45, 2.75) is 39.3 Å². The Morgan fingerprint density at radius 1 is 1.24 bits per heavy atom. The van der Waals surface area contributed by atoms with Crippen molar-refractivity contribution in [2.75, 3.05) is 13.7 Å². The predicted octanol–water partition coefficient (Wildman–Crippen LogP) is 6.14. The fourth-order valence-corrected chi connectivity index (χ4v) is 5.20. The Morgan fingerprint density at radius 2 is 1.94 bits per heavy atom. The highest BCUT2D eigenvalue weighted by atomic mass is 79.9. The van der Waals surface area contributed by atoms with Gasteiger partial charge in [-0.3, -0.25) is 9.69 Å². The molecule has 180 valence electrons. The number of esters is 1. The molecule has 1 unspecified atom stereocenters. The molecule has 1 fully saturated rings. The van der Waals surface area contributed by atoms with Crippen LogP contribution in [0, 0.1) is 0 Å². The predicted molar refractivity (Wildman–Crippen MR) is 142 cm³/mol. The molecule has 1 saturated heterocycles. The molecular weight excluding hydrogens is 538 g/mol. The second-order valence-electron chi connectivity index (χ2n) is 7.73. The lowest BCUT2D eigenvalue weighted by atomic mass is 10.1. The van der Waals surface area contributed by atoms with Crippen molar-refractivity contribution < 1.29 is 23.8 Å². The number of hydrogen-bond donors (Lipinski definition) is 0. The van der Waals surface area contributed by atoms with Gasteiger partial charge >= 0.3 is 5.97 Å². The normalized spacial score (nSPS) is 15.7. The molecule has 2 aromatic carbocycles. The number of halogens is 1. The van der Waals surface area contributed by atoms with Crippen LogP contribution in [0.5, 0.6) is 11.5 Å². The van der Waals surface area contributed by atoms with Gasteiger partial charge in [0.05, 0.1) is 29.2 Å². The van der Waals surface area contributed by atoms with Crippen LogP contribution in [-0.4, -0.2) is 40.9 Å². The molecule has 0 bridgehead atoms. The first-order chi connectivity index (χ1) is 16.3. The van der Waals surface area contributed by atoms with Crippen LogP contribution in [0.1, 0.15) is 44.4 Å². The standard InChI is InChI=1S/C25H26BrNO5S2/c1-5-11-31-24(29)21(17-9-7-6-8-10-17)27-23(28)20(34-25(27)33)14-16-12-18(26)22(32-15(2)3)19(13-16)30-4/h6-10,12-15,21H,5,11H2,1-4H3/b20-14-. The Balaban J connectivity index is 1.96. The Kier molecular flexibility index (Phi) is 9.16. The summed E-state index contributed by atoms with van der Waals surface area (Å²) in [6.07, 6.45) is 2.37. The second kappa shape index (κ2) is 11.9. The number of ether oxygens (including phenoxy) is 3. The van der Waals surface area contributed by atoms with Gasteiger partial charge in [-0.25, -0.2) is 4.79 Å². The molecule has 0 radical (unpaired) electrons. The number of rotatable bonds is 9. The molecule has 6 nitrogen and oxygen atoms in total. The summed E-state index contributed by atoms with van der Waals surface area (Å²) in [6.45, 7) is 6.04. The number of amides is 1. The highest BCUT2D eigenvalue weighted by Gasteiger charge is 2.42. The van der Waals surface area contributed by atoms with Gasteiger partial charge in [0.25, 0.3) is 5.91 Å². The van der Waals surface area contributed by atoms with Crippen LogP contribution in [0.4, 0.5) is 0 Å². The van der Waals surface area contributed by atoms with E-state index in [1.54, 1.807) is 31.4 Å². The first-order valence-electron chi connectivity index (χ1n) is 10.8. The van der Waals surface area contributed by atoms with E-state index in [9.17, 15) is 9.59 Å². The third-order valence-corrected chi connectivity index (χ3v) is 6.69. The molecule has 1 aliphatic heterocycles. The van der Waals surface area contributed by atoms with Gasteiger partial charge < -0.3 is 14.2 Å². The summed E-state index contributed by atoms with van der Waals surface area (Å²) in [5.41, 5.74) is 1.37. The van der Waals surface area contributed by atoms with E-state index in [2.05, 4.69) is 15.9 Å². The summed E-state index contributed by atoms with van der Waals surface area (Å²) in [5, 5.41) is 0. The smallest absolute Gasteiger partial charge is 0.333 e. The maximum Gasteiger partial charge on any atom is 0.333 e. The minimum Gasteiger partial charge on any atom is -0.493 e. The van der Waals surface area contributed by atoms with E-state index in [1.165, 1.54) is 4.90 Å². The molecule has 1 aliphatic rings. The number of methoxy groups -OCH3 is 1. The third kappa shape index (κ3) is 6.00. The number of hydrogen-bond acceptors (Lipinski definition) is 7. The summed E-state index contributed by atoms with van der Waals surface area (Å²) >= 11 is 10.2. The van der Waals surface area contributed by atoms with E-state index < -0.39 is 12.0 Å². The van der Waals surface area contributed by atoms with Crippen molar-refractivity contribution in [1.82, 2.24) is 4.90 Å². The van der Waals surface area contributed by atoms with E-state index in [4.69, 9.17) is 26.4 Å². The molecule has 0 spiro atoms. The topological polar surface area (TPSA) is 65.1 Å². The summed E-state index contributed by atoms with van der Waals surface area (Å²) in [6, 6.07) is 11.7. The van der Waals surface area contributed by atoms with Crippen molar-refractivity contribution >= 4 is 62.2 Å². The SMILES string of the molecule is CCCOC(=O)C(c1ccccc1)N1C(=O)/C(=C/c2cc(Br)c(OC(C)C)c(OC)c2)SC1=S. The van der Waals surface area contributed by atoms with Crippen molar-refractivity contribution in [3.8, 4) is 11.5 Å². The molecule has 0 aromatic heterocycles. The van der Waals surface area contributed by atoms with Crippen LogP contribution in [0.3, 0.4) is 0 Å². The first kappa shape index (κ1) is 26.2. The fourth-order valence-electron chi connectivity index (χ4n) is 3.33. The highest BCUT2D eigenvalue weighted by molar-refractivity contribution is 9.10. The number of thiocarbonyl (C=S) groups is 1. The molecule has 1 amide bonds. The van der Waals surface area contributed by atoms with Gasteiger partial charge in [0, 0.05) is 0 Å². The van der Waals surface area contributed by atoms with E-state index in [1.807, 2.05) is 45.0 Å². The molecule has 3 rings (SSSR count). The van der Waals surface area contributed by atoms with Crippen molar-refractivity contribution in [3.05, 3.63) is 63.0 Å². The third-order valence-electron chi connectivity index (χ3n) is 4.77. The lowest BCUT2D eigenvalue weighted by molar-refractivity contribution is -0.151. The molecule has 2 aromatic rings. The summed E-state index contributed by atoms with van der Waals surface area (Å²) in [7, 11) is 1.56. The quantitative estimate of drug-likeness (QED) is 0.206. The van der Waals surface area contributed by atoms with Crippen molar-refractivity contribution in [3.63, 3.8) is 0 Å². The number of benzene rings is 2. The van der Waals surface area contributed by atoms with Gasteiger partial charge in [-0.1, -0.05) is 61.2 Å². The number of thioether (sulfide) groups is 1. The molecule has 1 atom stereocenters. The largest absolute Gasteiger partial charge is 0.493 e. The van der Waals surface area contributed by atoms with Gasteiger partial charge in [-0.15, -0.1) is 0 Å². The molecular formula is C25H26BrNO5S2. The average Bonchev–Trinajstić information content (AvgIpc) is 3.07. The Bertz CT molecular complexity index is 1100. The monoisotopic (exact) mass is 563 g/mol. The maximum atomic E-state index is 13.4. The van der Waals surface area contributed by atoms with E-state index in [0.29, 0.717) is 37.2 Å². The van der Waals surface area contributed by atoms with E-state index >= 15 is 0 Å². The summed E-state index contributed by atoms with van der Waals surface area (Å²) < 4.78 is 17.7. The second-order valence-corrected chi connectivity index (χ2v) is 10.3. The molecule has 0 aliphatic carbocycles. The van der Waals surface area contributed by atoms with Crippen molar-refractivity contribution in [2.24, 2.45) is 0 Å². The van der Waals surface area contributed by atoms with Gasteiger partial charge in [-0.2, -0.15) is 0 Å². The van der Waals surface area contributed by atoms with Crippen molar-refractivity contribution in [1.29, 1.82) is 0 Å². The van der Waals surface area contributed by atoms with Gasteiger partial charge in [0.2, 0.25) is 0 Å². The van der Waals surface area contributed by atoms with E-state index in [-0.39, 0.29) is 18.6 Å². The summed E-state index contributed by atoms with van der Waals surface area (Å²) in [4.78, 5) is 28.1. The number of nitrogens with zero attached hydrogens (tertiary/aromatic N) is 1. The average molecular weight is 565 g/mol. The summed E-state index contributed by atoms with van der Waals surface area (Å²) in [5.74, 6) is 0.264. The molecule has 1 heterocycles. The van der Waals surface area contributed by atoms with Crippen LogP contribution in [0.15, 0.2) is 51.8 Å². The van der Waals surface area contributed by atoms with Crippen LogP contribution >= 0.6 is 39.9 Å². The van der Waals surface area contributed by atoms with Crippen LogP contribution in [0.2, 0.25) is 0 Å². The lowest BCUT2D eigenvalue weighted by Gasteiger charge is -2.25. The zero-order valence-corrected chi connectivity index (χ0v) is 22.6. The molecule has 0 N–H and O–H groups in total. The Hall–Kier alpha value is -2.36. The lowest BCUT2D eigenvalue weighted by Crippen LogP contribution is -2.38. The van der Waals surface area contributed by atoms with Crippen LogP contribution < -0.4 is 9.47 Å².